The molecule has 180 valence electrons. The topological polar surface area (TPSA) is 46.9 Å². The third-order valence-electron chi connectivity index (χ3n) is 7.74. The van der Waals surface area contributed by atoms with Gasteiger partial charge in [-0.2, -0.15) is 0 Å². The monoisotopic (exact) mass is 461 g/mol. The van der Waals surface area contributed by atoms with Crippen LogP contribution >= 0.6 is 0 Å². The van der Waals surface area contributed by atoms with E-state index >= 15 is 0 Å². The van der Waals surface area contributed by atoms with Crippen LogP contribution in [0, 0.1) is 0 Å². The summed E-state index contributed by atoms with van der Waals surface area (Å²) >= 11 is 0. The van der Waals surface area contributed by atoms with Crippen LogP contribution in [-0.4, -0.2) is 59.8 Å². The van der Waals surface area contributed by atoms with Gasteiger partial charge in [0.1, 0.15) is 11.5 Å². The molecular formula is C28H35N3O3. The van der Waals surface area contributed by atoms with E-state index in [2.05, 4.69) is 35.8 Å². The number of aryl methyl sites for hydroxylation is 1. The Morgan fingerprint density at radius 2 is 1.56 bits per heavy atom. The van der Waals surface area contributed by atoms with Gasteiger partial charge >= 0.3 is 0 Å². The number of nitrogens with zero attached hydrogens (tertiary/aromatic N) is 3. The summed E-state index contributed by atoms with van der Waals surface area (Å²) in [5.41, 5.74) is 3.08. The quantitative estimate of drug-likeness (QED) is 0.548. The van der Waals surface area contributed by atoms with Crippen LogP contribution in [0.4, 0.5) is 0 Å². The Kier molecular flexibility index (Phi) is 6.13. The number of piperazine rings is 1. The number of hydrogen-bond acceptors (Lipinski definition) is 5. The van der Waals surface area contributed by atoms with E-state index in [9.17, 15) is 4.79 Å². The van der Waals surface area contributed by atoms with Crippen LogP contribution in [0.2, 0.25) is 0 Å². The summed E-state index contributed by atoms with van der Waals surface area (Å²) in [4.78, 5) is 17.9. The fourth-order valence-corrected chi connectivity index (χ4v) is 5.83. The smallest absolute Gasteiger partial charge is 0.258 e. The molecule has 0 amide bonds. The molecule has 6 heteroatoms. The number of pyridine rings is 1. The summed E-state index contributed by atoms with van der Waals surface area (Å²) in [6.07, 6.45) is 4.41. The molecule has 3 aromatic rings. The second-order valence-electron chi connectivity index (χ2n) is 9.97. The molecule has 34 heavy (non-hydrogen) atoms. The fourth-order valence-electron chi connectivity index (χ4n) is 5.83. The molecule has 2 saturated heterocycles. The van der Waals surface area contributed by atoms with Crippen molar-refractivity contribution < 1.29 is 9.47 Å². The molecule has 0 aliphatic carbocycles. The van der Waals surface area contributed by atoms with Gasteiger partial charge in [0.05, 0.1) is 19.8 Å². The van der Waals surface area contributed by atoms with Gasteiger partial charge in [0, 0.05) is 62.0 Å². The van der Waals surface area contributed by atoms with Gasteiger partial charge in [0.15, 0.2) is 0 Å². The Bertz CT molecular complexity index is 1230. The number of aromatic nitrogens is 1. The number of benzene rings is 2. The average molecular weight is 462 g/mol. The summed E-state index contributed by atoms with van der Waals surface area (Å²) in [5.74, 6) is 1.66. The Balaban J connectivity index is 1.55. The zero-order valence-corrected chi connectivity index (χ0v) is 20.9. The minimum absolute atomic E-state index is 0.00548. The van der Waals surface area contributed by atoms with Crippen molar-refractivity contribution in [1.29, 1.82) is 0 Å². The number of methoxy groups -OCH3 is 2. The van der Waals surface area contributed by atoms with E-state index < -0.39 is 0 Å². The second-order valence-corrected chi connectivity index (χ2v) is 9.97. The van der Waals surface area contributed by atoms with E-state index in [1.807, 2.05) is 30.5 Å². The number of fused-ring (bicyclic) bond motifs is 3. The molecule has 6 nitrogen and oxygen atoms in total. The lowest BCUT2D eigenvalue weighted by molar-refractivity contribution is 0.0432. The summed E-state index contributed by atoms with van der Waals surface area (Å²) in [6, 6.07) is 13.7. The van der Waals surface area contributed by atoms with Crippen molar-refractivity contribution in [1.82, 2.24) is 14.4 Å². The molecule has 0 N–H and O–H groups in total. The van der Waals surface area contributed by atoms with Gasteiger partial charge in [0.25, 0.3) is 5.56 Å². The van der Waals surface area contributed by atoms with Crippen LogP contribution in [0.15, 0.2) is 47.4 Å². The van der Waals surface area contributed by atoms with Gasteiger partial charge in [0.2, 0.25) is 0 Å². The lowest BCUT2D eigenvalue weighted by Crippen LogP contribution is -2.54. The van der Waals surface area contributed by atoms with Crippen molar-refractivity contribution in [2.75, 3.05) is 27.3 Å². The normalized spacial score (nSPS) is 20.9. The first-order valence-electron chi connectivity index (χ1n) is 12.2. The maximum atomic E-state index is 12.7. The summed E-state index contributed by atoms with van der Waals surface area (Å²) < 4.78 is 13.5. The number of rotatable bonds is 6. The molecule has 3 heterocycles. The third-order valence-corrected chi connectivity index (χ3v) is 7.74. The molecule has 2 aliphatic heterocycles. The van der Waals surface area contributed by atoms with E-state index in [0.717, 1.165) is 53.2 Å². The Hall–Kier alpha value is -2.83. The second kappa shape index (κ2) is 9.08. The lowest BCUT2D eigenvalue weighted by Gasteiger charge is -2.43. The molecule has 0 spiro atoms. The van der Waals surface area contributed by atoms with Crippen LogP contribution in [0.25, 0.3) is 21.9 Å². The van der Waals surface area contributed by atoms with Crippen molar-refractivity contribution >= 4 is 10.8 Å². The van der Waals surface area contributed by atoms with E-state index in [1.54, 1.807) is 25.8 Å². The van der Waals surface area contributed by atoms with Crippen molar-refractivity contribution in [3.63, 3.8) is 0 Å². The minimum atomic E-state index is 0.00548. The van der Waals surface area contributed by atoms with E-state index in [0.29, 0.717) is 23.5 Å². The highest BCUT2D eigenvalue weighted by molar-refractivity contribution is 5.96. The van der Waals surface area contributed by atoms with Gasteiger partial charge in [-0.1, -0.05) is 18.2 Å². The first-order chi connectivity index (χ1) is 16.4. The first kappa shape index (κ1) is 22.9. The largest absolute Gasteiger partial charge is 0.496 e. The van der Waals surface area contributed by atoms with Crippen molar-refractivity contribution in [2.24, 2.45) is 7.05 Å². The molecule has 2 atom stereocenters. The highest BCUT2D eigenvalue weighted by Gasteiger charge is 2.41. The van der Waals surface area contributed by atoms with Crippen LogP contribution in [0.5, 0.6) is 11.5 Å². The number of ether oxygens (including phenoxy) is 2. The molecular weight excluding hydrogens is 426 g/mol. The summed E-state index contributed by atoms with van der Waals surface area (Å²) in [7, 11) is 5.26. The number of likely N-dealkylation sites (tertiary alicyclic amines) is 1. The molecule has 2 fully saturated rings. The van der Waals surface area contributed by atoms with Gasteiger partial charge in [-0.05, 0) is 55.8 Å². The van der Waals surface area contributed by atoms with Crippen molar-refractivity contribution in [2.45, 2.75) is 51.4 Å². The van der Waals surface area contributed by atoms with Gasteiger partial charge in [-0.3, -0.25) is 14.6 Å². The molecule has 2 aromatic carbocycles. The minimum Gasteiger partial charge on any atom is -0.496 e. The summed E-state index contributed by atoms with van der Waals surface area (Å²) in [5, 5.41) is 1.65. The zero-order chi connectivity index (χ0) is 24.0. The molecule has 0 saturated carbocycles. The highest BCUT2D eigenvalue weighted by atomic mass is 16.5. The maximum absolute atomic E-state index is 12.7. The Labute approximate surface area is 201 Å². The number of hydrogen-bond donors (Lipinski definition) is 0. The predicted octanol–water partition coefficient (Wildman–Crippen LogP) is 4.28. The van der Waals surface area contributed by atoms with Crippen LogP contribution in [0.3, 0.4) is 0 Å². The van der Waals surface area contributed by atoms with Gasteiger partial charge in [-0.25, -0.2) is 0 Å². The van der Waals surface area contributed by atoms with Crippen molar-refractivity contribution in [3.05, 3.63) is 58.5 Å². The summed E-state index contributed by atoms with van der Waals surface area (Å²) in [6.45, 7) is 7.66. The molecule has 2 aliphatic rings. The SMILES string of the molecule is COc1cc(-c2cn(C)c(=O)c3ccccc23)cc(OC)c1CN1C2CCC1CN(C(C)C)C2. The maximum Gasteiger partial charge on any atom is 0.258 e. The zero-order valence-electron chi connectivity index (χ0n) is 20.9. The average Bonchev–Trinajstić information content (AvgIpc) is 3.07. The van der Waals surface area contributed by atoms with Crippen LogP contribution in [-0.2, 0) is 13.6 Å². The molecule has 2 bridgehead atoms. The molecule has 0 radical (unpaired) electrons. The molecule has 1 aromatic heterocycles. The van der Waals surface area contributed by atoms with Gasteiger partial charge < -0.3 is 14.0 Å². The van der Waals surface area contributed by atoms with Crippen LogP contribution < -0.4 is 15.0 Å². The van der Waals surface area contributed by atoms with E-state index in [1.165, 1.54) is 12.8 Å². The van der Waals surface area contributed by atoms with E-state index in [-0.39, 0.29) is 5.56 Å². The highest BCUT2D eigenvalue weighted by Crippen LogP contribution is 2.40. The molecule has 5 rings (SSSR count). The lowest BCUT2D eigenvalue weighted by atomic mass is 9.97. The van der Waals surface area contributed by atoms with Crippen LogP contribution in [0.1, 0.15) is 32.3 Å². The fraction of sp³-hybridized carbons (Fsp3) is 0.464. The molecule has 2 unspecified atom stereocenters. The Morgan fingerprint density at radius 3 is 2.12 bits per heavy atom. The third kappa shape index (κ3) is 3.89. The van der Waals surface area contributed by atoms with E-state index in [4.69, 9.17) is 9.47 Å². The van der Waals surface area contributed by atoms with Crippen molar-refractivity contribution in [3.8, 4) is 22.6 Å². The predicted molar refractivity (Wildman–Crippen MR) is 137 cm³/mol. The first-order valence-corrected chi connectivity index (χ1v) is 12.2. The standard InChI is InChI=1S/C28H35N3O3/c1-18(2)30-14-20-10-11-21(15-30)31(20)17-25-26(33-4)12-19(13-27(25)34-5)24-16-29(3)28(32)23-9-7-6-8-22(23)24/h6-9,12-13,16,18,20-21H,10-11,14-15,17H2,1-5H3. The van der Waals surface area contributed by atoms with Gasteiger partial charge in [-0.15, -0.1) is 0 Å². The Morgan fingerprint density at radius 1 is 0.971 bits per heavy atom.